The lowest BCUT2D eigenvalue weighted by Crippen LogP contribution is -2.05. The van der Waals surface area contributed by atoms with Gasteiger partial charge in [-0.3, -0.25) is 0 Å². The van der Waals surface area contributed by atoms with Gasteiger partial charge in [-0.2, -0.15) is 9.50 Å². The summed E-state index contributed by atoms with van der Waals surface area (Å²) in [5.41, 5.74) is 5.09. The fraction of sp³-hybridized carbons (Fsp3) is 0.0909. The summed E-state index contributed by atoms with van der Waals surface area (Å²) >= 11 is 0. The molecule has 0 atom stereocenters. The number of aromatic nitrogens is 7. The van der Waals surface area contributed by atoms with E-state index in [2.05, 4.69) is 35.6 Å². The van der Waals surface area contributed by atoms with E-state index < -0.39 is 0 Å². The molecule has 0 saturated heterocycles. The van der Waals surface area contributed by atoms with Gasteiger partial charge in [-0.05, 0) is 37.6 Å². The van der Waals surface area contributed by atoms with Gasteiger partial charge >= 0.3 is 0 Å². The van der Waals surface area contributed by atoms with Crippen LogP contribution in [-0.2, 0) is 0 Å². The Hall–Kier alpha value is -4.20. The van der Waals surface area contributed by atoms with Crippen molar-refractivity contribution in [3.05, 3.63) is 78.1 Å². The Balaban J connectivity index is 1.52. The Labute approximate surface area is 172 Å². The fourth-order valence-corrected chi connectivity index (χ4v) is 3.21. The van der Waals surface area contributed by atoms with E-state index in [0.717, 1.165) is 22.5 Å². The maximum absolute atomic E-state index is 4.61. The summed E-state index contributed by atoms with van der Waals surface area (Å²) in [4.78, 5) is 13.4. The van der Waals surface area contributed by atoms with E-state index in [1.165, 1.54) is 0 Å². The van der Waals surface area contributed by atoms with Gasteiger partial charge in [0.05, 0.1) is 11.4 Å². The molecule has 3 heterocycles. The molecule has 0 saturated carbocycles. The molecule has 1 N–H and O–H groups in total. The molecule has 0 amide bonds. The van der Waals surface area contributed by atoms with Gasteiger partial charge in [0.25, 0.3) is 5.78 Å². The van der Waals surface area contributed by atoms with Crippen LogP contribution < -0.4 is 5.32 Å². The van der Waals surface area contributed by atoms with Gasteiger partial charge in [-0.15, -0.1) is 15.3 Å². The van der Waals surface area contributed by atoms with Crippen LogP contribution in [0.25, 0.3) is 28.6 Å². The van der Waals surface area contributed by atoms with Crippen molar-refractivity contribution in [3.8, 4) is 22.8 Å². The summed E-state index contributed by atoms with van der Waals surface area (Å²) < 4.78 is 1.69. The van der Waals surface area contributed by atoms with Gasteiger partial charge in [0.15, 0.2) is 5.82 Å². The largest absolute Gasteiger partial charge is 0.324 e. The summed E-state index contributed by atoms with van der Waals surface area (Å²) in [6, 6.07) is 19.6. The minimum atomic E-state index is 0.447. The van der Waals surface area contributed by atoms with Gasteiger partial charge in [-0.1, -0.05) is 42.5 Å². The van der Waals surface area contributed by atoms with E-state index in [9.17, 15) is 0 Å². The number of fused-ring (bicyclic) bond motifs is 1. The SMILES string of the molecule is Cc1cccc(Nc2nccc(-c3nnc4nc(-c5ccccc5)nn4c3C)n2)c1. The van der Waals surface area contributed by atoms with E-state index in [0.29, 0.717) is 28.9 Å². The first-order chi connectivity index (χ1) is 14.7. The summed E-state index contributed by atoms with van der Waals surface area (Å²) in [6.07, 6.45) is 1.70. The van der Waals surface area contributed by atoms with Crippen LogP contribution >= 0.6 is 0 Å². The van der Waals surface area contributed by atoms with Gasteiger partial charge in [0.1, 0.15) is 5.69 Å². The molecule has 0 aliphatic heterocycles. The van der Waals surface area contributed by atoms with E-state index in [-0.39, 0.29) is 0 Å². The normalized spacial score (nSPS) is 11.0. The van der Waals surface area contributed by atoms with Gasteiger partial charge < -0.3 is 5.32 Å². The molecule has 30 heavy (non-hydrogen) atoms. The summed E-state index contributed by atoms with van der Waals surface area (Å²) in [5.74, 6) is 1.54. The van der Waals surface area contributed by atoms with E-state index in [1.807, 2.05) is 68.4 Å². The van der Waals surface area contributed by atoms with Crippen LogP contribution in [-0.4, -0.2) is 34.8 Å². The average molecular weight is 394 g/mol. The van der Waals surface area contributed by atoms with E-state index >= 15 is 0 Å². The first-order valence-corrected chi connectivity index (χ1v) is 9.50. The Morgan fingerprint density at radius 2 is 1.73 bits per heavy atom. The molecule has 0 aliphatic rings. The lowest BCUT2D eigenvalue weighted by Gasteiger charge is -2.08. The standard InChI is InChI=1S/C22H18N8/c1-14-7-6-10-17(13-14)24-21-23-12-11-18(25-21)19-15(2)30-22(28-27-19)26-20(29-30)16-8-4-3-5-9-16/h3-13H,1-2H3,(H,23,24,25). The second-order valence-electron chi connectivity index (χ2n) is 6.91. The molecule has 0 bridgehead atoms. The van der Waals surface area contributed by atoms with Crippen LogP contribution in [0.15, 0.2) is 66.9 Å². The van der Waals surface area contributed by atoms with Crippen LogP contribution in [0.3, 0.4) is 0 Å². The Morgan fingerprint density at radius 3 is 2.57 bits per heavy atom. The third-order valence-electron chi connectivity index (χ3n) is 4.69. The molecule has 0 fully saturated rings. The third kappa shape index (κ3) is 3.35. The molecule has 2 aromatic carbocycles. The molecule has 3 aromatic heterocycles. The Bertz CT molecular complexity index is 1340. The summed E-state index contributed by atoms with van der Waals surface area (Å²) in [6.45, 7) is 3.97. The third-order valence-corrected chi connectivity index (χ3v) is 4.69. The topological polar surface area (TPSA) is 93.8 Å². The zero-order chi connectivity index (χ0) is 20.5. The molecule has 5 aromatic rings. The van der Waals surface area contributed by atoms with Crippen LogP contribution in [0.1, 0.15) is 11.3 Å². The van der Waals surface area contributed by atoms with Crippen molar-refractivity contribution in [1.29, 1.82) is 0 Å². The predicted octanol–water partition coefficient (Wildman–Crippen LogP) is 4.00. The smallest absolute Gasteiger partial charge is 0.272 e. The maximum atomic E-state index is 4.61. The minimum Gasteiger partial charge on any atom is -0.324 e. The highest BCUT2D eigenvalue weighted by atomic mass is 15.4. The second-order valence-corrected chi connectivity index (χ2v) is 6.91. The number of hydrogen-bond donors (Lipinski definition) is 1. The number of hydrogen-bond acceptors (Lipinski definition) is 7. The predicted molar refractivity (Wildman–Crippen MR) is 114 cm³/mol. The number of benzene rings is 2. The molecule has 0 radical (unpaired) electrons. The molecule has 0 aliphatic carbocycles. The van der Waals surface area contributed by atoms with Gasteiger partial charge in [0, 0.05) is 17.4 Å². The maximum Gasteiger partial charge on any atom is 0.272 e. The molecule has 0 spiro atoms. The molecular formula is C22H18N8. The minimum absolute atomic E-state index is 0.447. The van der Waals surface area contributed by atoms with Gasteiger partial charge in [0.2, 0.25) is 5.95 Å². The number of nitrogens with zero attached hydrogens (tertiary/aromatic N) is 7. The van der Waals surface area contributed by atoms with Crippen molar-refractivity contribution in [1.82, 2.24) is 34.8 Å². The van der Waals surface area contributed by atoms with Gasteiger partial charge in [-0.25, -0.2) is 9.97 Å². The van der Waals surface area contributed by atoms with Crippen LogP contribution in [0.4, 0.5) is 11.6 Å². The Kier molecular flexibility index (Phi) is 4.36. The molecule has 146 valence electrons. The van der Waals surface area contributed by atoms with Crippen molar-refractivity contribution in [2.75, 3.05) is 5.32 Å². The van der Waals surface area contributed by atoms with Crippen LogP contribution in [0.5, 0.6) is 0 Å². The number of anilines is 2. The molecular weight excluding hydrogens is 376 g/mol. The number of aryl methyl sites for hydroxylation is 2. The average Bonchev–Trinajstić information content (AvgIpc) is 3.20. The number of nitrogens with one attached hydrogen (secondary N) is 1. The zero-order valence-corrected chi connectivity index (χ0v) is 16.5. The molecule has 8 heteroatoms. The first kappa shape index (κ1) is 17.9. The highest BCUT2D eigenvalue weighted by Crippen LogP contribution is 2.22. The Morgan fingerprint density at radius 1 is 0.867 bits per heavy atom. The van der Waals surface area contributed by atoms with Crippen molar-refractivity contribution >= 4 is 17.4 Å². The highest BCUT2D eigenvalue weighted by Gasteiger charge is 2.15. The zero-order valence-electron chi connectivity index (χ0n) is 16.5. The summed E-state index contributed by atoms with van der Waals surface area (Å²) in [7, 11) is 0. The van der Waals surface area contributed by atoms with Crippen molar-refractivity contribution in [2.24, 2.45) is 0 Å². The molecule has 8 nitrogen and oxygen atoms in total. The second kappa shape index (κ2) is 7.32. The summed E-state index contributed by atoms with van der Waals surface area (Å²) in [5, 5.41) is 16.4. The number of rotatable bonds is 4. The van der Waals surface area contributed by atoms with Crippen LogP contribution in [0.2, 0.25) is 0 Å². The fourth-order valence-electron chi connectivity index (χ4n) is 3.21. The lowest BCUT2D eigenvalue weighted by atomic mass is 10.2. The van der Waals surface area contributed by atoms with E-state index in [1.54, 1.807) is 16.8 Å². The molecule has 0 unspecified atom stereocenters. The van der Waals surface area contributed by atoms with Crippen LogP contribution in [0, 0.1) is 13.8 Å². The lowest BCUT2D eigenvalue weighted by molar-refractivity contribution is 0.852. The van der Waals surface area contributed by atoms with Crippen molar-refractivity contribution < 1.29 is 0 Å². The first-order valence-electron chi connectivity index (χ1n) is 9.50. The van der Waals surface area contributed by atoms with Crippen molar-refractivity contribution in [2.45, 2.75) is 13.8 Å². The van der Waals surface area contributed by atoms with E-state index in [4.69, 9.17) is 0 Å². The highest BCUT2D eigenvalue weighted by molar-refractivity contribution is 5.62. The quantitative estimate of drug-likeness (QED) is 0.492. The monoisotopic (exact) mass is 394 g/mol. The van der Waals surface area contributed by atoms with Crippen molar-refractivity contribution in [3.63, 3.8) is 0 Å². The molecule has 5 rings (SSSR count).